The number of carbonyl (C=O) groups is 1. The van der Waals surface area contributed by atoms with Crippen molar-refractivity contribution in [3.63, 3.8) is 0 Å². The molecule has 0 saturated carbocycles. The van der Waals surface area contributed by atoms with Crippen LogP contribution in [0.3, 0.4) is 0 Å². The summed E-state index contributed by atoms with van der Waals surface area (Å²) in [5.41, 5.74) is -0.461. The molecule has 1 fully saturated rings. The first-order chi connectivity index (χ1) is 8.76. The van der Waals surface area contributed by atoms with Crippen LogP contribution in [0.4, 0.5) is 4.79 Å². The van der Waals surface area contributed by atoms with Crippen LogP contribution >= 0.6 is 0 Å². The topological polar surface area (TPSA) is 68.5 Å². The molecule has 1 amide bonds. The molecule has 106 valence electrons. The number of aromatic nitrogens is 2. The Bertz CT molecular complexity index is 456. The van der Waals surface area contributed by atoms with Crippen LogP contribution in [0.15, 0.2) is 4.52 Å². The molecule has 2 rings (SSSR count). The summed E-state index contributed by atoms with van der Waals surface area (Å²) in [6.07, 6.45) is -0.285. The summed E-state index contributed by atoms with van der Waals surface area (Å²) >= 11 is 0. The maximum absolute atomic E-state index is 11.8. The lowest BCUT2D eigenvalue weighted by atomic mass is 10.0. The zero-order valence-corrected chi connectivity index (χ0v) is 12.1. The lowest BCUT2D eigenvalue weighted by molar-refractivity contribution is 0.00558. The second-order valence-electron chi connectivity index (χ2n) is 6.23. The molecule has 0 aromatic carbocycles. The van der Waals surface area contributed by atoms with E-state index in [1.807, 2.05) is 34.6 Å². The largest absolute Gasteiger partial charge is 0.444 e. The molecule has 1 saturated heterocycles. The van der Waals surface area contributed by atoms with Crippen molar-refractivity contribution in [1.29, 1.82) is 0 Å². The minimum absolute atomic E-state index is 0.132. The third-order valence-electron chi connectivity index (χ3n) is 2.86. The van der Waals surface area contributed by atoms with Gasteiger partial charge in [-0.1, -0.05) is 19.0 Å². The van der Waals surface area contributed by atoms with E-state index in [4.69, 9.17) is 9.26 Å². The minimum Gasteiger partial charge on any atom is -0.444 e. The fourth-order valence-corrected chi connectivity index (χ4v) is 1.76. The minimum atomic E-state index is -0.461. The summed E-state index contributed by atoms with van der Waals surface area (Å²) in [5, 5.41) is 3.93. The molecule has 0 N–H and O–H groups in total. The van der Waals surface area contributed by atoms with Gasteiger partial charge in [0, 0.05) is 19.0 Å². The van der Waals surface area contributed by atoms with Gasteiger partial charge in [0.15, 0.2) is 5.82 Å². The Hall–Kier alpha value is -1.59. The first kappa shape index (κ1) is 13.8. The van der Waals surface area contributed by atoms with Crippen molar-refractivity contribution in [2.24, 2.45) is 0 Å². The van der Waals surface area contributed by atoms with Crippen LogP contribution in [-0.2, 0) is 4.74 Å². The quantitative estimate of drug-likeness (QED) is 0.823. The first-order valence-corrected chi connectivity index (χ1v) is 6.57. The van der Waals surface area contributed by atoms with Crippen molar-refractivity contribution in [1.82, 2.24) is 15.0 Å². The molecule has 6 nitrogen and oxygen atoms in total. The molecule has 1 aromatic heterocycles. The van der Waals surface area contributed by atoms with E-state index in [1.54, 1.807) is 4.90 Å². The molecule has 0 spiro atoms. The number of hydrogen-bond acceptors (Lipinski definition) is 5. The SMILES string of the molecule is CC(C)c1noc(C2CN(C(=O)OC(C)(C)C)C2)n1. The highest BCUT2D eigenvalue weighted by molar-refractivity contribution is 5.69. The highest BCUT2D eigenvalue weighted by atomic mass is 16.6. The Kier molecular flexibility index (Phi) is 3.52. The van der Waals surface area contributed by atoms with E-state index in [0.29, 0.717) is 24.8 Å². The average Bonchev–Trinajstić information content (AvgIpc) is 2.61. The van der Waals surface area contributed by atoms with Gasteiger partial charge >= 0.3 is 6.09 Å². The van der Waals surface area contributed by atoms with Crippen LogP contribution in [0.1, 0.15) is 58.2 Å². The third-order valence-corrected chi connectivity index (χ3v) is 2.86. The fourth-order valence-electron chi connectivity index (χ4n) is 1.76. The van der Waals surface area contributed by atoms with Crippen LogP contribution in [0.2, 0.25) is 0 Å². The van der Waals surface area contributed by atoms with E-state index in [2.05, 4.69) is 10.1 Å². The number of ether oxygens (including phenoxy) is 1. The van der Waals surface area contributed by atoms with Gasteiger partial charge in [-0.05, 0) is 20.8 Å². The lowest BCUT2D eigenvalue weighted by Gasteiger charge is -2.37. The summed E-state index contributed by atoms with van der Waals surface area (Å²) < 4.78 is 10.5. The van der Waals surface area contributed by atoms with Gasteiger partial charge in [-0.2, -0.15) is 4.98 Å². The molecular weight excluding hydrogens is 246 g/mol. The number of rotatable bonds is 2. The van der Waals surface area contributed by atoms with Crippen LogP contribution in [0.25, 0.3) is 0 Å². The van der Waals surface area contributed by atoms with E-state index >= 15 is 0 Å². The van der Waals surface area contributed by atoms with Gasteiger partial charge in [-0.3, -0.25) is 0 Å². The number of likely N-dealkylation sites (tertiary alicyclic amines) is 1. The number of hydrogen-bond donors (Lipinski definition) is 0. The molecule has 0 radical (unpaired) electrons. The molecule has 6 heteroatoms. The van der Waals surface area contributed by atoms with Crippen molar-refractivity contribution in [3.05, 3.63) is 11.7 Å². The van der Waals surface area contributed by atoms with E-state index in [0.717, 1.165) is 0 Å². The van der Waals surface area contributed by atoms with E-state index in [1.165, 1.54) is 0 Å². The van der Waals surface area contributed by atoms with Gasteiger partial charge in [-0.15, -0.1) is 0 Å². The molecule has 19 heavy (non-hydrogen) atoms. The van der Waals surface area contributed by atoms with Crippen molar-refractivity contribution < 1.29 is 14.1 Å². The highest BCUT2D eigenvalue weighted by Gasteiger charge is 2.37. The number of amides is 1. The van der Waals surface area contributed by atoms with Crippen molar-refractivity contribution in [2.45, 2.75) is 52.1 Å². The maximum atomic E-state index is 11.8. The lowest BCUT2D eigenvalue weighted by Crippen LogP contribution is -2.50. The molecule has 0 atom stereocenters. The highest BCUT2D eigenvalue weighted by Crippen LogP contribution is 2.28. The van der Waals surface area contributed by atoms with Gasteiger partial charge in [0.05, 0.1) is 5.92 Å². The summed E-state index contributed by atoms with van der Waals surface area (Å²) in [5.74, 6) is 1.71. The summed E-state index contributed by atoms with van der Waals surface area (Å²) in [4.78, 5) is 17.8. The molecule has 0 aliphatic carbocycles. The zero-order valence-electron chi connectivity index (χ0n) is 12.1. The molecule has 2 heterocycles. The van der Waals surface area contributed by atoms with Crippen LogP contribution in [-0.4, -0.2) is 39.8 Å². The molecular formula is C13H21N3O3. The van der Waals surface area contributed by atoms with Gasteiger partial charge in [0.25, 0.3) is 0 Å². The Morgan fingerprint density at radius 1 is 1.42 bits per heavy atom. The predicted octanol–water partition coefficient (Wildman–Crippen LogP) is 2.53. The van der Waals surface area contributed by atoms with Crippen molar-refractivity contribution >= 4 is 6.09 Å². The predicted molar refractivity (Wildman–Crippen MR) is 68.9 cm³/mol. The number of carbonyl (C=O) groups excluding carboxylic acids is 1. The first-order valence-electron chi connectivity index (χ1n) is 6.57. The standard InChI is InChI=1S/C13H21N3O3/c1-8(2)10-14-11(19-15-10)9-6-16(7-9)12(17)18-13(3,4)5/h8-9H,6-7H2,1-5H3. The maximum Gasteiger partial charge on any atom is 0.410 e. The van der Waals surface area contributed by atoms with Crippen molar-refractivity contribution in [2.75, 3.05) is 13.1 Å². The summed E-state index contributed by atoms with van der Waals surface area (Å²) in [6, 6.07) is 0. The zero-order chi connectivity index (χ0) is 14.2. The van der Waals surface area contributed by atoms with Gasteiger partial charge in [0.2, 0.25) is 5.89 Å². The molecule has 0 bridgehead atoms. The second-order valence-corrected chi connectivity index (χ2v) is 6.23. The fraction of sp³-hybridized carbons (Fsp3) is 0.769. The van der Waals surface area contributed by atoms with Crippen LogP contribution < -0.4 is 0 Å². The molecule has 0 unspecified atom stereocenters. The summed E-state index contributed by atoms with van der Waals surface area (Å²) in [6.45, 7) is 10.8. The van der Waals surface area contributed by atoms with Crippen LogP contribution in [0.5, 0.6) is 0 Å². The Morgan fingerprint density at radius 2 is 2.05 bits per heavy atom. The second kappa shape index (κ2) is 4.83. The van der Waals surface area contributed by atoms with E-state index in [9.17, 15) is 4.79 Å². The van der Waals surface area contributed by atoms with E-state index in [-0.39, 0.29) is 17.9 Å². The third kappa shape index (κ3) is 3.24. The molecule has 1 aromatic rings. The Morgan fingerprint density at radius 3 is 2.53 bits per heavy atom. The van der Waals surface area contributed by atoms with Gasteiger partial charge < -0.3 is 14.2 Å². The summed E-state index contributed by atoms with van der Waals surface area (Å²) in [7, 11) is 0. The average molecular weight is 267 g/mol. The molecule has 1 aliphatic heterocycles. The normalized spacial score (nSPS) is 16.6. The monoisotopic (exact) mass is 267 g/mol. The van der Waals surface area contributed by atoms with Gasteiger partial charge in [0.1, 0.15) is 5.60 Å². The molecule has 1 aliphatic rings. The van der Waals surface area contributed by atoms with Crippen LogP contribution in [0, 0.1) is 0 Å². The van der Waals surface area contributed by atoms with Crippen molar-refractivity contribution in [3.8, 4) is 0 Å². The van der Waals surface area contributed by atoms with Gasteiger partial charge in [-0.25, -0.2) is 4.79 Å². The smallest absolute Gasteiger partial charge is 0.410 e. The van der Waals surface area contributed by atoms with E-state index < -0.39 is 5.60 Å². The Balaban J connectivity index is 1.87. The number of nitrogens with zero attached hydrogens (tertiary/aromatic N) is 3. The Labute approximate surface area is 113 Å².